The topological polar surface area (TPSA) is 131 Å². The summed E-state index contributed by atoms with van der Waals surface area (Å²) in [5.74, 6) is 0.275. The van der Waals surface area contributed by atoms with Crippen molar-refractivity contribution in [2.45, 2.75) is 17.6 Å². The van der Waals surface area contributed by atoms with Crippen LogP contribution in [0.2, 0.25) is 0 Å². The maximum absolute atomic E-state index is 14.7. The highest BCUT2D eigenvalue weighted by atomic mass is 32.3. The summed E-state index contributed by atoms with van der Waals surface area (Å²) in [4.78, 5) is 15.9. The Labute approximate surface area is 228 Å². The number of aromatic amines is 1. The molecule has 9 nitrogen and oxygen atoms in total. The summed E-state index contributed by atoms with van der Waals surface area (Å²) in [5.41, 5.74) is 9.51. The van der Waals surface area contributed by atoms with Crippen LogP contribution < -0.4 is 10.6 Å². The van der Waals surface area contributed by atoms with Gasteiger partial charge in [0.15, 0.2) is 0 Å². The summed E-state index contributed by atoms with van der Waals surface area (Å²) in [5, 5.41) is 8.06. The van der Waals surface area contributed by atoms with Crippen LogP contribution in [0.1, 0.15) is 17.5 Å². The second-order valence-electron chi connectivity index (χ2n) is 10.5. The van der Waals surface area contributed by atoms with Gasteiger partial charge in [-0.2, -0.15) is 13.5 Å². The summed E-state index contributed by atoms with van der Waals surface area (Å²) in [7, 11) is -4.73. The van der Waals surface area contributed by atoms with Crippen molar-refractivity contribution in [3.05, 3.63) is 77.9 Å². The number of fused-ring (bicyclic) bond motifs is 3. The van der Waals surface area contributed by atoms with E-state index in [0.717, 1.165) is 13.0 Å². The fourth-order valence-electron chi connectivity index (χ4n) is 6.71. The molecule has 1 aliphatic heterocycles. The molecular weight excluding hydrogens is 536 g/mol. The van der Waals surface area contributed by atoms with E-state index in [4.69, 9.17) is 10.7 Å². The van der Waals surface area contributed by atoms with Crippen molar-refractivity contribution in [1.82, 2.24) is 25.1 Å². The average Bonchev–Trinajstić information content (AvgIpc) is 3.41. The summed E-state index contributed by atoms with van der Waals surface area (Å²) in [6.07, 6.45) is 4.12. The Morgan fingerprint density at radius 1 is 1.07 bits per heavy atom. The molecular formula is C28H25F2N7O2S. The van der Waals surface area contributed by atoms with Gasteiger partial charge in [-0.15, -0.1) is 3.89 Å². The van der Waals surface area contributed by atoms with Gasteiger partial charge >= 0.3 is 10.2 Å². The van der Waals surface area contributed by atoms with E-state index in [0.29, 0.717) is 63.7 Å². The molecule has 3 aromatic heterocycles. The van der Waals surface area contributed by atoms with Crippen molar-refractivity contribution in [3.63, 3.8) is 0 Å². The zero-order chi connectivity index (χ0) is 27.6. The van der Waals surface area contributed by atoms with Crippen LogP contribution in [0.4, 0.5) is 14.1 Å². The first-order valence-corrected chi connectivity index (χ1v) is 14.6. The predicted octanol–water partition coefficient (Wildman–Crippen LogP) is 3.86. The predicted molar refractivity (Wildman–Crippen MR) is 147 cm³/mol. The highest BCUT2D eigenvalue weighted by Crippen LogP contribution is 2.63. The monoisotopic (exact) mass is 561 g/mol. The van der Waals surface area contributed by atoms with Gasteiger partial charge in [-0.1, -0.05) is 36.4 Å². The average molecular weight is 562 g/mol. The van der Waals surface area contributed by atoms with E-state index in [1.165, 1.54) is 12.3 Å². The van der Waals surface area contributed by atoms with Crippen molar-refractivity contribution in [1.29, 1.82) is 0 Å². The Hall–Kier alpha value is -4.03. The molecule has 3 atom stereocenters. The summed E-state index contributed by atoms with van der Waals surface area (Å²) in [6.45, 7) is 1.84. The van der Waals surface area contributed by atoms with E-state index < -0.39 is 16.0 Å². The van der Waals surface area contributed by atoms with E-state index in [1.54, 1.807) is 36.5 Å². The van der Waals surface area contributed by atoms with Gasteiger partial charge in [0.1, 0.15) is 22.9 Å². The Bertz CT molecular complexity index is 1900. The first-order valence-electron chi connectivity index (χ1n) is 13.0. The highest BCUT2D eigenvalue weighted by Gasteiger charge is 2.66. The lowest BCUT2D eigenvalue weighted by Gasteiger charge is -2.26. The smallest absolute Gasteiger partial charge is 0.306 e. The first-order chi connectivity index (χ1) is 19.3. The third-order valence-electron chi connectivity index (χ3n) is 8.57. The fraction of sp³-hybridized carbons (Fsp3) is 0.286. The molecule has 1 aliphatic carbocycles. The number of hydrogen-bond donors (Lipinski definition) is 2. The van der Waals surface area contributed by atoms with Crippen molar-refractivity contribution in [2.75, 3.05) is 24.5 Å². The zero-order valence-electron chi connectivity index (χ0n) is 21.3. The number of halogens is 2. The van der Waals surface area contributed by atoms with E-state index in [-0.39, 0.29) is 22.7 Å². The number of nitrogens with two attached hydrogens (primary N) is 1. The van der Waals surface area contributed by atoms with Gasteiger partial charge in [-0.05, 0) is 41.5 Å². The number of rotatable bonds is 6. The largest absolute Gasteiger partial charge is 0.355 e. The molecule has 1 saturated heterocycles. The molecule has 3 N–H and O–H groups in total. The van der Waals surface area contributed by atoms with Crippen LogP contribution in [0.25, 0.3) is 33.3 Å². The van der Waals surface area contributed by atoms with Gasteiger partial charge in [-0.25, -0.2) is 14.4 Å². The first kappa shape index (κ1) is 25.0. The third-order valence-corrected chi connectivity index (χ3v) is 9.22. The molecule has 4 heterocycles. The second-order valence-corrected chi connectivity index (χ2v) is 11.9. The number of aromatic nitrogens is 5. The number of nitrogens with one attached hydrogen (secondary N) is 1. The zero-order valence-corrected chi connectivity index (χ0v) is 22.1. The number of piperidine rings is 1. The molecule has 0 bridgehead atoms. The van der Waals surface area contributed by atoms with Crippen LogP contribution in [0.3, 0.4) is 0 Å². The minimum absolute atomic E-state index is 0.207. The number of H-pyrrole nitrogens is 1. The standard InChI is InChI=1S/C28H25F2N7O2S/c29-22-6-2-1-5-20(22)28(15-31)19-9-11-37(13-21(19)28)23-12-33-26-25(35-36-27(26)34-23)18-8-7-16(14-40(30,38)39)24-17(18)4-3-10-32-24/h1-8,10,12,19,21H,9,11,13-15,31H2,(H,34,35,36)/t19-,21+,28-/m1/s1. The number of anilines is 1. The molecule has 2 aromatic carbocycles. The Kier molecular flexibility index (Phi) is 5.62. The molecule has 2 aliphatic rings. The van der Waals surface area contributed by atoms with Gasteiger partial charge in [-0.3, -0.25) is 10.1 Å². The van der Waals surface area contributed by atoms with Crippen LogP contribution in [-0.4, -0.2) is 53.2 Å². The summed E-state index contributed by atoms with van der Waals surface area (Å²) < 4.78 is 50.8. The lowest BCUT2D eigenvalue weighted by atomic mass is 9.91. The van der Waals surface area contributed by atoms with Gasteiger partial charge in [0, 0.05) is 42.2 Å². The Balaban J connectivity index is 1.20. The lowest BCUT2D eigenvalue weighted by molar-refractivity contribution is 0.533. The molecule has 12 heteroatoms. The summed E-state index contributed by atoms with van der Waals surface area (Å²) >= 11 is 0. The normalized spacial score (nSPS) is 22.5. The lowest BCUT2D eigenvalue weighted by Crippen LogP contribution is -2.32. The molecule has 0 radical (unpaired) electrons. The molecule has 2 fully saturated rings. The van der Waals surface area contributed by atoms with E-state index in [2.05, 4.69) is 25.1 Å². The molecule has 5 aromatic rings. The third kappa shape index (κ3) is 3.85. The number of benzene rings is 2. The molecule has 1 saturated carbocycles. The van der Waals surface area contributed by atoms with Gasteiger partial charge in [0.05, 0.1) is 17.4 Å². The van der Waals surface area contributed by atoms with Crippen LogP contribution >= 0.6 is 0 Å². The van der Waals surface area contributed by atoms with Crippen molar-refractivity contribution >= 4 is 38.1 Å². The second kappa shape index (κ2) is 9.00. The van der Waals surface area contributed by atoms with Crippen molar-refractivity contribution in [2.24, 2.45) is 17.6 Å². The maximum Gasteiger partial charge on any atom is 0.306 e. The minimum Gasteiger partial charge on any atom is -0.355 e. The molecule has 7 rings (SSSR count). The Morgan fingerprint density at radius 3 is 2.73 bits per heavy atom. The molecule has 0 amide bonds. The van der Waals surface area contributed by atoms with Crippen molar-refractivity contribution < 1.29 is 16.7 Å². The molecule has 0 spiro atoms. The molecule has 204 valence electrons. The Morgan fingerprint density at radius 2 is 1.93 bits per heavy atom. The van der Waals surface area contributed by atoms with Crippen LogP contribution in [-0.2, 0) is 21.4 Å². The number of nitrogens with zero attached hydrogens (tertiary/aromatic N) is 5. The molecule has 40 heavy (non-hydrogen) atoms. The number of hydrogen-bond acceptors (Lipinski definition) is 8. The quantitative estimate of drug-likeness (QED) is 0.299. The van der Waals surface area contributed by atoms with E-state index in [1.807, 2.05) is 12.1 Å². The summed E-state index contributed by atoms with van der Waals surface area (Å²) in [6, 6.07) is 13.7. The fourth-order valence-corrected chi connectivity index (χ4v) is 7.32. The van der Waals surface area contributed by atoms with Crippen LogP contribution in [0, 0.1) is 17.7 Å². The van der Waals surface area contributed by atoms with E-state index in [9.17, 15) is 16.7 Å². The van der Waals surface area contributed by atoms with Gasteiger partial charge < -0.3 is 10.6 Å². The number of pyridine rings is 1. The van der Waals surface area contributed by atoms with Crippen LogP contribution in [0.5, 0.6) is 0 Å². The van der Waals surface area contributed by atoms with E-state index >= 15 is 0 Å². The maximum atomic E-state index is 14.7. The SMILES string of the molecule is NC[C@]1(c2ccccc2F)[C@@H]2CCN(c3cnc4c(-c5ccc(CS(=O)(=O)F)c6ncccc56)[nH]nc4n3)C[C@@H]21. The molecule has 0 unspecified atom stereocenters. The van der Waals surface area contributed by atoms with Crippen LogP contribution in [0.15, 0.2) is 60.9 Å². The van der Waals surface area contributed by atoms with Crippen molar-refractivity contribution in [3.8, 4) is 11.3 Å². The minimum atomic E-state index is -4.73. The highest BCUT2D eigenvalue weighted by molar-refractivity contribution is 7.85. The van der Waals surface area contributed by atoms with Gasteiger partial charge in [0.25, 0.3) is 0 Å². The van der Waals surface area contributed by atoms with Gasteiger partial charge in [0.2, 0.25) is 5.65 Å².